The highest BCUT2D eigenvalue weighted by atomic mass is 16.5. The van der Waals surface area contributed by atoms with Gasteiger partial charge in [-0.2, -0.15) is 5.10 Å². The van der Waals surface area contributed by atoms with Crippen LogP contribution in [-0.2, 0) is 4.74 Å². The van der Waals surface area contributed by atoms with Gasteiger partial charge in [0.25, 0.3) is 0 Å². The molecular formula is C19H22N4O5. The van der Waals surface area contributed by atoms with Crippen LogP contribution in [0.15, 0.2) is 52.7 Å². The average Bonchev–Trinajstić information content (AvgIpc) is 2.71. The normalized spacial score (nSPS) is 10.4. The lowest BCUT2D eigenvalue weighted by atomic mass is 10.2. The lowest BCUT2D eigenvalue weighted by Crippen LogP contribution is -2.21. The van der Waals surface area contributed by atoms with E-state index in [1.165, 1.54) is 20.4 Å². The standard InChI is InChI=1S/C19H22N4O5/c1-25-17-10-13(12-22-23-19(20)21)6-7-16(17)28-9-8-27-15-5-3-4-14(11-15)18(24)26-2/h3-7,10-12H,8-9H2,1-2H3,(H4,20,21,23). The summed E-state index contributed by atoms with van der Waals surface area (Å²) in [5, 5.41) is 7.28. The summed E-state index contributed by atoms with van der Waals surface area (Å²) in [6.45, 7) is 0.557. The minimum absolute atomic E-state index is 0.125. The second-order valence-corrected chi connectivity index (χ2v) is 5.40. The van der Waals surface area contributed by atoms with E-state index < -0.39 is 5.97 Å². The summed E-state index contributed by atoms with van der Waals surface area (Å²) in [5.41, 5.74) is 11.6. The number of hydrogen-bond acceptors (Lipinski definition) is 7. The number of carbonyl (C=O) groups is 1. The van der Waals surface area contributed by atoms with Gasteiger partial charge in [-0.3, -0.25) is 0 Å². The molecule has 9 nitrogen and oxygen atoms in total. The van der Waals surface area contributed by atoms with E-state index in [1.807, 2.05) is 0 Å². The molecule has 4 N–H and O–H groups in total. The molecule has 0 aliphatic carbocycles. The number of benzene rings is 2. The Labute approximate surface area is 162 Å². The Hall–Kier alpha value is -3.75. The van der Waals surface area contributed by atoms with Gasteiger partial charge in [-0.1, -0.05) is 6.07 Å². The average molecular weight is 386 g/mol. The highest BCUT2D eigenvalue weighted by Crippen LogP contribution is 2.27. The summed E-state index contributed by atoms with van der Waals surface area (Å²) in [7, 11) is 2.86. The summed E-state index contributed by atoms with van der Waals surface area (Å²) < 4.78 is 21.3. The van der Waals surface area contributed by atoms with Crippen LogP contribution in [0.5, 0.6) is 17.2 Å². The van der Waals surface area contributed by atoms with E-state index in [0.717, 1.165) is 5.56 Å². The Morgan fingerprint density at radius 1 is 1.04 bits per heavy atom. The van der Waals surface area contributed by atoms with Gasteiger partial charge < -0.3 is 30.4 Å². The third-order valence-electron chi connectivity index (χ3n) is 3.43. The fraction of sp³-hybridized carbons (Fsp3) is 0.211. The molecule has 0 bridgehead atoms. The molecule has 0 saturated carbocycles. The number of nitrogens with zero attached hydrogens (tertiary/aromatic N) is 2. The quantitative estimate of drug-likeness (QED) is 0.220. The molecule has 28 heavy (non-hydrogen) atoms. The molecule has 2 aromatic rings. The van der Waals surface area contributed by atoms with Gasteiger partial charge in [0.05, 0.1) is 26.0 Å². The van der Waals surface area contributed by atoms with Crippen molar-refractivity contribution in [1.82, 2.24) is 0 Å². The number of esters is 1. The van der Waals surface area contributed by atoms with Crippen molar-refractivity contribution in [3.8, 4) is 17.2 Å². The molecule has 0 aliphatic rings. The predicted octanol–water partition coefficient (Wildman–Crippen LogP) is 1.55. The molecule has 0 spiro atoms. The second kappa shape index (κ2) is 10.4. The van der Waals surface area contributed by atoms with E-state index in [1.54, 1.807) is 42.5 Å². The molecule has 0 aromatic heterocycles. The molecule has 9 heteroatoms. The number of rotatable bonds is 9. The van der Waals surface area contributed by atoms with Crippen LogP contribution < -0.4 is 25.7 Å². The Bertz CT molecular complexity index is 863. The largest absolute Gasteiger partial charge is 0.493 e. The van der Waals surface area contributed by atoms with E-state index in [0.29, 0.717) is 22.8 Å². The number of ether oxygens (including phenoxy) is 4. The number of guanidine groups is 1. The summed E-state index contributed by atoms with van der Waals surface area (Å²) in [4.78, 5) is 11.5. The van der Waals surface area contributed by atoms with Crippen LogP contribution in [0.3, 0.4) is 0 Å². The Morgan fingerprint density at radius 2 is 1.82 bits per heavy atom. The van der Waals surface area contributed by atoms with Gasteiger partial charge in [0, 0.05) is 0 Å². The van der Waals surface area contributed by atoms with Gasteiger partial charge >= 0.3 is 5.97 Å². The summed E-state index contributed by atoms with van der Waals surface area (Å²) in [6, 6.07) is 12.0. The zero-order chi connectivity index (χ0) is 20.4. The molecule has 0 amide bonds. The number of carbonyl (C=O) groups excluding carboxylic acids is 1. The third kappa shape index (κ3) is 6.20. The summed E-state index contributed by atoms with van der Waals surface area (Å²) in [5.74, 6) is 1.08. The predicted molar refractivity (Wildman–Crippen MR) is 105 cm³/mol. The summed E-state index contributed by atoms with van der Waals surface area (Å²) >= 11 is 0. The van der Waals surface area contributed by atoms with E-state index in [4.69, 9.17) is 25.7 Å². The van der Waals surface area contributed by atoms with Crippen molar-refractivity contribution in [3.05, 3.63) is 53.6 Å². The van der Waals surface area contributed by atoms with Gasteiger partial charge in [0.2, 0.25) is 5.96 Å². The molecule has 0 saturated heterocycles. The number of nitrogens with two attached hydrogens (primary N) is 2. The van der Waals surface area contributed by atoms with Crippen molar-refractivity contribution in [2.24, 2.45) is 21.7 Å². The molecule has 0 atom stereocenters. The maximum absolute atomic E-state index is 11.5. The first kappa shape index (κ1) is 20.6. The van der Waals surface area contributed by atoms with E-state index in [9.17, 15) is 4.79 Å². The Balaban J connectivity index is 1.91. The first-order valence-electron chi connectivity index (χ1n) is 8.27. The maximum atomic E-state index is 11.5. The lowest BCUT2D eigenvalue weighted by Gasteiger charge is -2.12. The van der Waals surface area contributed by atoms with Gasteiger partial charge in [-0.25, -0.2) is 4.79 Å². The van der Waals surface area contributed by atoms with Gasteiger partial charge in [0.1, 0.15) is 19.0 Å². The first-order chi connectivity index (χ1) is 13.5. The van der Waals surface area contributed by atoms with Crippen LogP contribution in [0.4, 0.5) is 0 Å². The first-order valence-corrected chi connectivity index (χ1v) is 8.27. The zero-order valence-corrected chi connectivity index (χ0v) is 15.6. The molecule has 0 radical (unpaired) electrons. The maximum Gasteiger partial charge on any atom is 0.337 e. The molecule has 0 heterocycles. The van der Waals surface area contributed by atoms with E-state index in [-0.39, 0.29) is 19.2 Å². The molecule has 0 aliphatic heterocycles. The molecule has 2 rings (SSSR count). The van der Waals surface area contributed by atoms with Crippen LogP contribution in [0.1, 0.15) is 15.9 Å². The van der Waals surface area contributed by atoms with Crippen LogP contribution in [0.2, 0.25) is 0 Å². The smallest absolute Gasteiger partial charge is 0.337 e. The van der Waals surface area contributed by atoms with Crippen LogP contribution >= 0.6 is 0 Å². The number of methoxy groups -OCH3 is 2. The SMILES string of the molecule is COC(=O)c1cccc(OCCOc2ccc(C=NN=C(N)N)cc2OC)c1. The van der Waals surface area contributed by atoms with Gasteiger partial charge in [-0.15, -0.1) is 5.10 Å². The number of hydrogen-bond donors (Lipinski definition) is 2. The topological polar surface area (TPSA) is 131 Å². The Morgan fingerprint density at radius 3 is 2.54 bits per heavy atom. The fourth-order valence-electron chi connectivity index (χ4n) is 2.19. The minimum atomic E-state index is -0.421. The van der Waals surface area contributed by atoms with Gasteiger partial charge in [-0.05, 0) is 42.0 Å². The molecule has 0 fully saturated rings. The monoisotopic (exact) mass is 386 g/mol. The Kier molecular flexibility index (Phi) is 7.64. The third-order valence-corrected chi connectivity index (χ3v) is 3.43. The minimum Gasteiger partial charge on any atom is -0.493 e. The second-order valence-electron chi connectivity index (χ2n) is 5.40. The summed E-state index contributed by atoms with van der Waals surface area (Å²) in [6.07, 6.45) is 1.49. The molecular weight excluding hydrogens is 364 g/mol. The molecule has 0 unspecified atom stereocenters. The van der Waals surface area contributed by atoms with Crippen molar-refractivity contribution in [1.29, 1.82) is 0 Å². The zero-order valence-electron chi connectivity index (χ0n) is 15.6. The molecule has 2 aromatic carbocycles. The molecule has 148 valence electrons. The lowest BCUT2D eigenvalue weighted by molar-refractivity contribution is 0.0600. The van der Waals surface area contributed by atoms with Crippen molar-refractivity contribution >= 4 is 18.1 Å². The van der Waals surface area contributed by atoms with E-state index in [2.05, 4.69) is 14.9 Å². The van der Waals surface area contributed by atoms with Crippen molar-refractivity contribution in [2.75, 3.05) is 27.4 Å². The fourth-order valence-corrected chi connectivity index (χ4v) is 2.19. The van der Waals surface area contributed by atoms with Crippen LogP contribution in [0, 0.1) is 0 Å². The van der Waals surface area contributed by atoms with Crippen molar-refractivity contribution < 1.29 is 23.7 Å². The van der Waals surface area contributed by atoms with Gasteiger partial charge in [0.15, 0.2) is 11.5 Å². The van der Waals surface area contributed by atoms with E-state index >= 15 is 0 Å². The van der Waals surface area contributed by atoms with Crippen LogP contribution in [0.25, 0.3) is 0 Å². The van der Waals surface area contributed by atoms with Crippen molar-refractivity contribution in [3.63, 3.8) is 0 Å². The highest BCUT2D eigenvalue weighted by Gasteiger charge is 2.07. The van der Waals surface area contributed by atoms with Crippen LogP contribution in [-0.4, -0.2) is 45.6 Å². The van der Waals surface area contributed by atoms with Crippen molar-refractivity contribution in [2.45, 2.75) is 0 Å². The highest BCUT2D eigenvalue weighted by molar-refractivity contribution is 5.89.